The van der Waals surface area contributed by atoms with E-state index < -0.39 is 5.41 Å². The Hall–Kier alpha value is -0.900. The highest BCUT2D eigenvalue weighted by atomic mass is 16.3. The highest BCUT2D eigenvalue weighted by Gasteiger charge is 2.50. The Kier molecular flexibility index (Phi) is 2.78. The molecule has 2 fully saturated rings. The van der Waals surface area contributed by atoms with Crippen molar-refractivity contribution in [2.75, 3.05) is 13.2 Å². The van der Waals surface area contributed by atoms with E-state index in [0.29, 0.717) is 6.54 Å². The van der Waals surface area contributed by atoms with Crippen LogP contribution in [-0.4, -0.2) is 35.0 Å². The molecule has 2 rings (SSSR count). The van der Waals surface area contributed by atoms with Crippen LogP contribution >= 0.6 is 0 Å². The molecule has 4 heteroatoms. The number of hydrogen-bond donors (Lipinski definition) is 1. The van der Waals surface area contributed by atoms with Gasteiger partial charge >= 0.3 is 0 Å². The molecule has 1 aliphatic heterocycles. The van der Waals surface area contributed by atoms with Gasteiger partial charge in [-0.2, -0.15) is 0 Å². The summed E-state index contributed by atoms with van der Waals surface area (Å²) in [6.07, 6.45) is 2.70. The van der Waals surface area contributed by atoms with Gasteiger partial charge in [-0.3, -0.25) is 14.5 Å². The van der Waals surface area contributed by atoms with E-state index >= 15 is 0 Å². The maximum atomic E-state index is 12.0. The summed E-state index contributed by atoms with van der Waals surface area (Å²) in [5, 5.41) is 9.18. The van der Waals surface area contributed by atoms with Crippen LogP contribution < -0.4 is 0 Å². The fourth-order valence-electron chi connectivity index (χ4n) is 2.69. The van der Waals surface area contributed by atoms with Gasteiger partial charge in [0.05, 0.1) is 11.8 Å². The van der Waals surface area contributed by atoms with Crippen molar-refractivity contribution in [3.63, 3.8) is 0 Å². The average molecular weight is 225 g/mol. The van der Waals surface area contributed by atoms with Crippen LogP contribution in [0.3, 0.4) is 0 Å². The minimum absolute atomic E-state index is 0.0145. The van der Waals surface area contributed by atoms with Gasteiger partial charge in [-0.15, -0.1) is 0 Å². The van der Waals surface area contributed by atoms with Crippen LogP contribution in [0.15, 0.2) is 0 Å². The highest BCUT2D eigenvalue weighted by Crippen LogP contribution is 2.40. The Labute approximate surface area is 95.6 Å². The normalized spacial score (nSPS) is 30.1. The molecule has 1 heterocycles. The molecule has 1 saturated heterocycles. The van der Waals surface area contributed by atoms with Crippen LogP contribution in [0.25, 0.3) is 0 Å². The topological polar surface area (TPSA) is 57.6 Å². The summed E-state index contributed by atoms with van der Waals surface area (Å²) in [6, 6.07) is 0. The largest absolute Gasteiger partial charge is 0.396 e. The van der Waals surface area contributed by atoms with Gasteiger partial charge in [0.2, 0.25) is 11.8 Å². The first-order valence-electron chi connectivity index (χ1n) is 5.92. The second-order valence-electron chi connectivity index (χ2n) is 5.73. The number of likely N-dealkylation sites (tertiary alicyclic amines) is 1. The number of aliphatic hydroxyl groups is 1. The zero-order valence-corrected chi connectivity index (χ0v) is 9.90. The first-order valence-corrected chi connectivity index (χ1v) is 5.92. The molecule has 0 aromatic carbocycles. The molecule has 2 aliphatic rings. The van der Waals surface area contributed by atoms with Crippen LogP contribution in [-0.2, 0) is 9.59 Å². The lowest BCUT2D eigenvalue weighted by Gasteiger charge is -2.27. The molecule has 4 nitrogen and oxygen atoms in total. The van der Waals surface area contributed by atoms with Crippen molar-refractivity contribution < 1.29 is 14.7 Å². The van der Waals surface area contributed by atoms with Gasteiger partial charge in [-0.1, -0.05) is 20.3 Å². The molecule has 90 valence electrons. The maximum absolute atomic E-state index is 12.0. The summed E-state index contributed by atoms with van der Waals surface area (Å²) in [5.74, 6) is -0.174. The van der Waals surface area contributed by atoms with Crippen LogP contribution in [0.5, 0.6) is 0 Å². The second-order valence-corrected chi connectivity index (χ2v) is 5.73. The van der Waals surface area contributed by atoms with Crippen molar-refractivity contribution >= 4 is 11.8 Å². The lowest BCUT2D eigenvalue weighted by atomic mass is 9.94. The van der Waals surface area contributed by atoms with Gasteiger partial charge in [0, 0.05) is 18.6 Å². The zero-order valence-electron chi connectivity index (χ0n) is 9.90. The molecule has 0 aromatic rings. The van der Waals surface area contributed by atoms with Crippen molar-refractivity contribution in [3.05, 3.63) is 0 Å². The van der Waals surface area contributed by atoms with Crippen LogP contribution in [0, 0.1) is 17.3 Å². The molecular weight excluding hydrogens is 206 g/mol. The lowest BCUT2D eigenvalue weighted by Crippen LogP contribution is -2.41. The molecule has 1 N–H and O–H groups in total. The number of rotatable bonds is 3. The summed E-state index contributed by atoms with van der Waals surface area (Å²) in [6.45, 7) is 4.05. The third-order valence-electron chi connectivity index (χ3n) is 3.70. The minimum atomic E-state index is -0.399. The van der Waals surface area contributed by atoms with Crippen molar-refractivity contribution in [1.82, 2.24) is 4.90 Å². The van der Waals surface area contributed by atoms with Gasteiger partial charge in [-0.05, 0) is 12.8 Å². The Morgan fingerprint density at radius 2 is 1.75 bits per heavy atom. The number of fused-ring (bicyclic) bond motifs is 1. The molecule has 1 saturated carbocycles. The highest BCUT2D eigenvalue weighted by molar-refractivity contribution is 6.05. The smallest absolute Gasteiger partial charge is 0.233 e. The van der Waals surface area contributed by atoms with Gasteiger partial charge in [0.15, 0.2) is 0 Å². The Bertz CT molecular complexity index is 302. The number of amides is 2. The van der Waals surface area contributed by atoms with E-state index in [0.717, 1.165) is 19.3 Å². The summed E-state index contributed by atoms with van der Waals surface area (Å²) in [5.41, 5.74) is -0.399. The third kappa shape index (κ3) is 1.75. The number of carbonyl (C=O) groups excluding carboxylic acids is 2. The lowest BCUT2D eigenvalue weighted by molar-refractivity contribution is -0.142. The summed E-state index contributed by atoms with van der Waals surface area (Å²) < 4.78 is 0. The number of carbonyl (C=O) groups is 2. The van der Waals surface area contributed by atoms with Crippen molar-refractivity contribution in [3.8, 4) is 0 Å². The van der Waals surface area contributed by atoms with Crippen LogP contribution in [0.2, 0.25) is 0 Å². The number of aliphatic hydroxyl groups excluding tert-OH is 1. The van der Waals surface area contributed by atoms with Crippen LogP contribution in [0.1, 0.15) is 33.1 Å². The van der Waals surface area contributed by atoms with Crippen molar-refractivity contribution in [1.29, 1.82) is 0 Å². The van der Waals surface area contributed by atoms with Crippen molar-refractivity contribution in [2.24, 2.45) is 17.3 Å². The van der Waals surface area contributed by atoms with Crippen molar-refractivity contribution in [2.45, 2.75) is 33.1 Å². The molecule has 2 unspecified atom stereocenters. The zero-order chi connectivity index (χ0) is 11.9. The SMILES string of the molecule is CC(C)(CO)CN1C(=O)C2CCCC2C1=O. The predicted molar refractivity (Wildman–Crippen MR) is 58.4 cm³/mol. The van der Waals surface area contributed by atoms with Gasteiger partial charge in [0.25, 0.3) is 0 Å². The molecule has 16 heavy (non-hydrogen) atoms. The van der Waals surface area contributed by atoms with E-state index in [-0.39, 0.29) is 30.3 Å². The number of imide groups is 1. The van der Waals surface area contributed by atoms with Crippen LogP contribution in [0.4, 0.5) is 0 Å². The maximum Gasteiger partial charge on any atom is 0.233 e. The molecule has 0 bridgehead atoms. The van der Waals surface area contributed by atoms with E-state index in [1.54, 1.807) is 0 Å². The quantitative estimate of drug-likeness (QED) is 0.722. The standard InChI is InChI=1S/C12H19NO3/c1-12(2,7-14)6-13-10(15)8-4-3-5-9(8)11(13)16/h8-9,14H,3-7H2,1-2H3. The number of nitrogens with zero attached hydrogens (tertiary/aromatic N) is 1. The van der Waals surface area contributed by atoms with Gasteiger partial charge in [-0.25, -0.2) is 0 Å². The fourth-order valence-corrected chi connectivity index (χ4v) is 2.69. The summed E-state index contributed by atoms with van der Waals surface area (Å²) in [4.78, 5) is 25.4. The molecular formula is C12H19NO3. The monoisotopic (exact) mass is 225 g/mol. The second kappa shape index (κ2) is 3.84. The molecule has 0 spiro atoms. The third-order valence-corrected chi connectivity index (χ3v) is 3.70. The molecule has 1 aliphatic carbocycles. The Morgan fingerprint density at radius 3 is 2.19 bits per heavy atom. The van der Waals surface area contributed by atoms with Gasteiger partial charge < -0.3 is 5.11 Å². The predicted octanol–water partition coefficient (Wildman–Crippen LogP) is 0.790. The first kappa shape index (κ1) is 11.6. The summed E-state index contributed by atoms with van der Waals surface area (Å²) >= 11 is 0. The fraction of sp³-hybridized carbons (Fsp3) is 0.833. The first-order chi connectivity index (χ1) is 7.46. The Balaban J connectivity index is 2.12. The van der Waals surface area contributed by atoms with E-state index in [4.69, 9.17) is 0 Å². The molecule has 2 amide bonds. The average Bonchev–Trinajstić information content (AvgIpc) is 2.79. The number of hydrogen-bond acceptors (Lipinski definition) is 3. The Morgan fingerprint density at radius 1 is 1.25 bits per heavy atom. The summed E-state index contributed by atoms with van der Waals surface area (Å²) in [7, 11) is 0. The molecule has 0 aromatic heterocycles. The van der Waals surface area contributed by atoms with E-state index in [2.05, 4.69) is 0 Å². The molecule has 2 atom stereocenters. The van der Waals surface area contributed by atoms with E-state index in [1.165, 1.54) is 4.90 Å². The molecule has 0 radical (unpaired) electrons. The van der Waals surface area contributed by atoms with E-state index in [1.807, 2.05) is 13.8 Å². The van der Waals surface area contributed by atoms with E-state index in [9.17, 15) is 14.7 Å². The minimum Gasteiger partial charge on any atom is -0.396 e. The van der Waals surface area contributed by atoms with Gasteiger partial charge in [0.1, 0.15) is 0 Å².